The third kappa shape index (κ3) is 3.45. The molecule has 18 heavy (non-hydrogen) atoms. The van der Waals surface area contributed by atoms with Gasteiger partial charge in [-0.25, -0.2) is 0 Å². The third-order valence-corrected chi connectivity index (χ3v) is 3.19. The summed E-state index contributed by atoms with van der Waals surface area (Å²) < 4.78 is 5.34. The van der Waals surface area contributed by atoms with Gasteiger partial charge in [-0.05, 0) is 31.8 Å². The van der Waals surface area contributed by atoms with E-state index < -0.39 is 6.10 Å². The molecule has 1 aromatic rings. The molecule has 0 aromatic heterocycles. The minimum atomic E-state index is -0.418. The maximum Gasteiger partial charge on any atom is 0.0916 e. The van der Waals surface area contributed by atoms with E-state index in [0.717, 1.165) is 31.9 Å². The fourth-order valence-corrected chi connectivity index (χ4v) is 2.18. The van der Waals surface area contributed by atoms with E-state index in [1.807, 2.05) is 31.1 Å². The van der Waals surface area contributed by atoms with Gasteiger partial charge in [0.05, 0.1) is 19.3 Å². The van der Waals surface area contributed by atoms with Crippen molar-refractivity contribution in [1.82, 2.24) is 4.90 Å². The topological polar surface area (TPSA) is 35.9 Å². The van der Waals surface area contributed by atoms with Crippen LogP contribution in [0, 0.1) is 0 Å². The van der Waals surface area contributed by atoms with Crippen molar-refractivity contribution in [1.29, 1.82) is 0 Å². The SMILES string of the molecule is CN(C)CC(O)c1ccc(N2CCOCC2)cc1. The molecule has 4 heteroatoms. The van der Waals surface area contributed by atoms with Crippen LogP contribution in [0.5, 0.6) is 0 Å². The minimum Gasteiger partial charge on any atom is -0.387 e. The van der Waals surface area contributed by atoms with Crippen molar-refractivity contribution in [3.63, 3.8) is 0 Å². The van der Waals surface area contributed by atoms with E-state index >= 15 is 0 Å². The zero-order chi connectivity index (χ0) is 13.0. The Hall–Kier alpha value is -1.10. The van der Waals surface area contributed by atoms with Crippen LogP contribution in [-0.4, -0.2) is 56.9 Å². The Balaban J connectivity index is 2.00. The fourth-order valence-electron chi connectivity index (χ4n) is 2.18. The van der Waals surface area contributed by atoms with Crippen LogP contribution >= 0.6 is 0 Å². The molecule has 1 N–H and O–H groups in total. The highest BCUT2D eigenvalue weighted by atomic mass is 16.5. The number of rotatable bonds is 4. The molecule has 1 aliphatic heterocycles. The van der Waals surface area contributed by atoms with E-state index in [1.165, 1.54) is 5.69 Å². The van der Waals surface area contributed by atoms with Gasteiger partial charge in [0.1, 0.15) is 0 Å². The van der Waals surface area contributed by atoms with Gasteiger partial charge < -0.3 is 19.6 Å². The molecular formula is C14H22N2O2. The van der Waals surface area contributed by atoms with Crippen LogP contribution in [0.15, 0.2) is 24.3 Å². The average Bonchev–Trinajstić information content (AvgIpc) is 2.39. The Morgan fingerprint density at radius 1 is 1.22 bits per heavy atom. The van der Waals surface area contributed by atoms with Gasteiger partial charge in [-0.15, -0.1) is 0 Å². The van der Waals surface area contributed by atoms with Gasteiger partial charge >= 0.3 is 0 Å². The molecule has 0 spiro atoms. The summed E-state index contributed by atoms with van der Waals surface area (Å²) in [5.41, 5.74) is 2.18. The van der Waals surface area contributed by atoms with Gasteiger partial charge in [0.25, 0.3) is 0 Å². The first-order chi connectivity index (χ1) is 8.66. The highest BCUT2D eigenvalue weighted by Crippen LogP contribution is 2.20. The number of aliphatic hydroxyl groups is 1. The Kier molecular flexibility index (Phi) is 4.58. The fraction of sp³-hybridized carbons (Fsp3) is 0.571. The van der Waals surface area contributed by atoms with Crippen LogP contribution < -0.4 is 4.90 Å². The molecule has 0 aliphatic carbocycles. The van der Waals surface area contributed by atoms with E-state index in [4.69, 9.17) is 4.74 Å². The minimum absolute atomic E-state index is 0.418. The molecule has 0 amide bonds. The number of anilines is 1. The highest BCUT2D eigenvalue weighted by molar-refractivity contribution is 5.48. The Morgan fingerprint density at radius 3 is 2.39 bits per heavy atom. The van der Waals surface area contributed by atoms with Gasteiger partial charge in [0.15, 0.2) is 0 Å². The first-order valence-corrected chi connectivity index (χ1v) is 6.42. The number of aliphatic hydroxyl groups excluding tert-OH is 1. The molecule has 1 heterocycles. The average molecular weight is 250 g/mol. The summed E-state index contributed by atoms with van der Waals surface area (Å²) in [5, 5.41) is 10.0. The molecule has 1 fully saturated rings. The predicted molar refractivity (Wildman–Crippen MR) is 73.0 cm³/mol. The van der Waals surface area contributed by atoms with E-state index in [2.05, 4.69) is 17.0 Å². The number of likely N-dealkylation sites (N-methyl/N-ethyl adjacent to an activating group) is 1. The summed E-state index contributed by atoms with van der Waals surface area (Å²) in [6, 6.07) is 8.19. The van der Waals surface area contributed by atoms with Crippen molar-refractivity contribution in [2.24, 2.45) is 0 Å². The number of ether oxygens (including phenoxy) is 1. The lowest BCUT2D eigenvalue weighted by Gasteiger charge is -2.29. The van der Waals surface area contributed by atoms with Gasteiger partial charge in [-0.3, -0.25) is 0 Å². The summed E-state index contributed by atoms with van der Waals surface area (Å²) >= 11 is 0. The molecule has 1 aliphatic rings. The van der Waals surface area contributed by atoms with Crippen molar-refractivity contribution < 1.29 is 9.84 Å². The van der Waals surface area contributed by atoms with E-state index in [0.29, 0.717) is 6.54 Å². The maximum absolute atomic E-state index is 10.0. The van der Waals surface area contributed by atoms with E-state index in [1.54, 1.807) is 0 Å². The van der Waals surface area contributed by atoms with Crippen LogP contribution in [0.1, 0.15) is 11.7 Å². The number of nitrogens with zero attached hydrogens (tertiary/aromatic N) is 2. The lowest BCUT2D eigenvalue weighted by Crippen LogP contribution is -2.36. The number of morpholine rings is 1. The molecule has 1 atom stereocenters. The number of hydrogen-bond acceptors (Lipinski definition) is 4. The van der Waals surface area contributed by atoms with Crippen LogP contribution in [0.25, 0.3) is 0 Å². The van der Waals surface area contributed by atoms with E-state index in [9.17, 15) is 5.11 Å². The lowest BCUT2D eigenvalue weighted by molar-refractivity contribution is 0.122. The highest BCUT2D eigenvalue weighted by Gasteiger charge is 2.12. The second kappa shape index (κ2) is 6.18. The molecule has 2 rings (SSSR count). The summed E-state index contributed by atoms with van der Waals surface area (Å²) in [7, 11) is 3.93. The zero-order valence-corrected chi connectivity index (χ0v) is 11.2. The van der Waals surface area contributed by atoms with Crippen LogP contribution in [0.4, 0.5) is 5.69 Å². The number of hydrogen-bond donors (Lipinski definition) is 1. The number of benzene rings is 1. The first kappa shape index (κ1) is 13.3. The standard InChI is InChI=1S/C14H22N2O2/c1-15(2)11-14(17)12-3-5-13(6-4-12)16-7-9-18-10-8-16/h3-6,14,17H,7-11H2,1-2H3. The second-order valence-electron chi connectivity index (χ2n) is 4.97. The van der Waals surface area contributed by atoms with Gasteiger partial charge in [-0.1, -0.05) is 12.1 Å². The van der Waals surface area contributed by atoms with Crippen molar-refractivity contribution in [3.05, 3.63) is 29.8 Å². The Bertz CT molecular complexity index is 359. The molecule has 0 bridgehead atoms. The summed E-state index contributed by atoms with van der Waals surface area (Å²) in [5.74, 6) is 0. The molecule has 100 valence electrons. The first-order valence-electron chi connectivity index (χ1n) is 6.42. The maximum atomic E-state index is 10.0. The van der Waals surface area contributed by atoms with Crippen LogP contribution in [0.2, 0.25) is 0 Å². The monoisotopic (exact) mass is 250 g/mol. The quantitative estimate of drug-likeness (QED) is 0.868. The smallest absolute Gasteiger partial charge is 0.0916 e. The van der Waals surface area contributed by atoms with Gasteiger partial charge in [0, 0.05) is 25.3 Å². The van der Waals surface area contributed by atoms with Crippen molar-refractivity contribution in [2.45, 2.75) is 6.10 Å². The Labute approximate surface area is 109 Å². The summed E-state index contributed by atoms with van der Waals surface area (Å²) in [6.45, 7) is 4.13. The largest absolute Gasteiger partial charge is 0.387 e. The van der Waals surface area contributed by atoms with E-state index in [-0.39, 0.29) is 0 Å². The Morgan fingerprint density at radius 2 is 1.83 bits per heavy atom. The molecular weight excluding hydrogens is 228 g/mol. The van der Waals surface area contributed by atoms with Gasteiger partial charge in [0.2, 0.25) is 0 Å². The van der Waals surface area contributed by atoms with Gasteiger partial charge in [-0.2, -0.15) is 0 Å². The molecule has 1 saturated heterocycles. The summed E-state index contributed by atoms with van der Waals surface area (Å²) in [4.78, 5) is 4.30. The normalized spacial score (nSPS) is 18.1. The van der Waals surface area contributed by atoms with Crippen LogP contribution in [-0.2, 0) is 4.74 Å². The van der Waals surface area contributed by atoms with Crippen LogP contribution in [0.3, 0.4) is 0 Å². The lowest BCUT2D eigenvalue weighted by atomic mass is 10.1. The third-order valence-electron chi connectivity index (χ3n) is 3.19. The molecule has 0 radical (unpaired) electrons. The zero-order valence-electron chi connectivity index (χ0n) is 11.2. The second-order valence-corrected chi connectivity index (χ2v) is 4.97. The van der Waals surface area contributed by atoms with Crippen molar-refractivity contribution in [2.75, 3.05) is 51.8 Å². The van der Waals surface area contributed by atoms with Crippen molar-refractivity contribution in [3.8, 4) is 0 Å². The molecule has 1 unspecified atom stereocenters. The summed E-state index contributed by atoms with van der Waals surface area (Å²) in [6.07, 6.45) is -0.418. The van der Waals surface area contributed by atoms with Crippen molar-refractivity contribution >= 4 is 5.69 Å². The molecule has 0 saturated carbocycles. The molecule has 4 nitrogen and oxygen atoms in total. The predicted octanol–water partition coefficient (Wildman–Crippen LogP) is 1.12. The molecule has 1 aromatic carbocycles.